The molecule has 0 bridgehead atoms. The van der Waals surface area contributed by atoms with Gasteiger partial charge in [0.25, 0.3) is 5.91 Å². The van der Waals surface area contributed by atoms with Crippen LogP contribution < -0.4 is 5.32 Å². The number of carbonyl (C=O) groups is 2. The van der Waals surface area contributed by atoms with Gasteiger partial charge in [0, 0.05) is 0 Å². The van der Waals surface area contributed by atoms with E-state index in [1.54, 1.807) is 4.68 Å². The number of hydrogen-bond donors (Lipinski definition) is 1. The van der Waals surface area contributed by atoms with Gasteiger partial charge in [0.15, 0.2) is 6.61 Å². The number of rotatable bonds is 5. The lowest BCUT2D eigenvalue weighted by Gasteiger charge is -2.08. The predicted molar refractivity (Wildman–Crippen MR) is 94.6 cm³/mol. The molecule has 0 unspecified atom stereocenters. The summed E-state index contributed by atoms with van der Waals surface area (Å²) in [4.78, 5) is 23.8. The van der Waals surface area contributed by atoms with Gasteiger partial charge >= 0.3 is 5.97 Å². The molecule has 2 aromatic rings. The smallest absolute Gasteiger partial charge is 0.309 e. The number of ether oxygens (including phenoxy) is 1. The lowest BCUT2D eigenvalue weighted by atomic mass is 10.2. The molecule has 132 valence electrons. The maximum absolute atomic E-state index is 12.1. The summed E-state index contributed by atoms with van der Waals surface area (Å²) in [6.45, 7) is 7.49. The van der Waals surface area contributed by atoms with E-state index >= 15 is 0 Å². The van der Waals surface area contributed by atoms with Crippen LogP contribution in [0.1, 0.15) is 30.3 Å². The van der Waals surface area contributed by atoms with Gasteiger partial charge in [-0.1, -0.05) is 24.6 Å². The Bertz CT molecular complexity index is 808. The summed E-state index contributed by atoms with van der Waals surface area (Å²) in [5, 5.41) is 7.31. The Balaban J connectivity index is 1.67. The number of anilines is 1. The number of aromatic nitrogens is 2. The molecule has 0 aliphatic heterocycles. The molecule has 6 heteroatoms. The summed E-state index contributed by atoms with van der Waals surface area (Å²) in [5.41, 5.74) is 4.30. The first-order valence-electron chi connectivity index (χ1n) is 8.46. The second kappa shape index (κ2) is 6.70. The Morgan fingerprint density at radius 3 is 2.48 bits per heavy atom. The number of nitrogens with zero attached hydrogens (tertiary/aromatic N) is 2. The van der Waals surface area contributed by atoms with Crippen molar-refractivity contribution in [2.75, 3.05) is 11.9 Å². The molecule has 1 aromatic heterocycles. The molecule has 1 heterocycles. The SMILES string of the molecule is Cc1ccc(-n2nc(C)c(NC(=O)COC(=O)[C@H]3C[C@@H]3C)c2C)cc1. The summed E-state index contributed by atoms with van der Waals surface area (Å²) in [7, 11) is 0. The number of aryl methyl sites for hydroxylation is 2. The molecule has 1 aliphatic carbocycles. The van der Waals surface area contributed by atoms with Crippen LogP contribution in [-0.2, 0) is 14.3 Å². The Morgan fingerprint density at radius 2 is 1.88 bits per heavy atom. The minimum absolute atomic E-state index is 0.0411. The van der Waals surface area contributed by atoms with Crippen LogP contribution in [0, 0.1) is 32.6 Å². The third-order valence-corrected chi connectivity index (χ3v) is 4.59. The van der Waals surface area contributed by atoms with Crippen LogP contribution >= 0.6 is 0 Å². The number of esters is 1. The van der Waals surface area contributed by atoms with E-state index in [1.165, 1.54) is 5.56 Å². The summed E-state index contributed by atoms with van der Waals surface area (Å²) in [5.74, 6) is -0.309. The topological polar surface area (TPSA) is 73.2 Å². The van der Waals surface area contributed by atoms with Crippen molar-refractivity contribution in [2.45, 2.75) is 34.1 Å². The van der Waals surface area contributed by atoms with Crippen LogP contribution in [0.2, 0.25) is 0 Å². The molecule has 1 saturated carbocycles. The number of amides is 1. The van der Waals surface area contributed by atoms with Crippen LogP contribution in [0.4, 0.5) is 5.69 Å². The van der Waals surface area contributed by atoms with Crippen molar-refractivity contribution in [2.24, 2.45) is 11.8 Å². The number of carbonyl (C=O) groups excluding carboxylic acids is 2. The van der Waals surface area contributed by atoms with E-state index in [-0.39, 0.29) is 24.4 Å². The van der Waals surface area contributed by atoms with Crippen LogP contribution in [0.25, 0.3) is 5.69 Å². The second-order valence-electron chi connectivity index (χ2n) is 6.77. The summed E-state index contributed by atoms with van der Waals surface area (Å²) in [6, 6.07) is 8.00. The number of nitrogens with one attached hydrogen (secondary N) is 1. The van der Waals surface area contributed by atoms with Gasteiger partial charge in [-0.25, -0.2) is 4.68 Å². The van der Waals surface area contributed by atoms with Crippen LogP contribution in [0.15, 0.2) is 24.3 Å². The van der Waals surface area contributed by atoms with Gasteiger partial charge in [-0.15, -0.1) is 0 Å². The fourth-order valence-electron chi connectivity index (χ4n) is 2.83. The summed E-state index contributed by atoms with van der Waals surface area (Å²) < 4.78 is 6.87. The zero-order chi connectivity index (χ0) is 18.1. The molecule has 1 aliphatic rings. The minimum Gasteiger partial charge on any atom is -0.455 e. The Labute approximate surface area is 147 Å². The van der Waals surface area contributed by atoms with Crippen molar-refractivity contribution in [3.63, 3.8) is 0 Å². The van der Waals surface area contributed by atoms with Crippen LogP contribution in [-0.4, -0.2) is 28.3 Å². The zero-order valence-corrected chi connectivity index (χ0v) is 15.0. The van der Waals surface area contributed by atoms with Gasteiger partial charge in [-0.3, -0.25) is 9.59 Å². The van der Waals surface area contributed by atoms with Gasteiger partial charge in [-0.2, -0.15) is 5.10 Å². The molecule has 2 atom stereocenters. The van der Waals surface area contributed by atoms with Gasteiger partial charge in [0.05, 0.1) is 28.7 Å². The Morgan fingerprint density at radius 1 is 1.24 bits per heavy atom. The molecule has 1 N–H and O–H groups in total. The van der Waals surface area contributed by atoms with Crippen molar-refractivity contribution in [1.82, 2.24) is 9.78 Å². The predicted octanol–water partition coefficient (Wildman–Crippen LogP) is 2.94. The van der Waals surface area contributed by atoms with E-state index in [2.05, 4.69) is 10.4 Å². The fourth-order valence-corrected chi connectivity index (χ4v) is 2.83. The minimum atomic E-state index is -0.351. The third kappa shape index (κ3) is 3.73. The Hall–Kier alpha value is -2.63. The van der Waals surface area contributed by atoms with Crippen LogP contribution in [0.5, 0.6) is 0 Å². The molecular weight excluding hydrogens is 318 g/mol. The first kappa shape index (κ1) is 17.2. The molecule has 6 nitrogen and oxygen atoms in total. The zero-order valence-electron chi connectivity index (χ0n) is 15.0. The third-order valence-electron chi connectivity index (χ3n) is 4.59. The van der Waals surface area contributed by atoms with Crippen molar-refractivity contribution in [1.29, 1.82) is 0 Å². The normalized spacial score (nSPS) is 18.7. The van der Waals surface area contributed by atoms with E-state index in [4.69, 9.17) is 4.74 Å². The number of hydrogen-bond acceptors (Lipinski definition) is 4. The maximum atomic E-state index is 12.1. The molecule has 0 radical (unpaired) electrons. The monoisotopic (exact) mass is 341 g/mol. The summed E-state index contributed by atoms with van der Waals surface area (Å²) in [6.07, 6.45) is 0.849. The molecule has 25 heavy (non-hydrogen) atoms. The van der Waals surface area contributed by atoms with Crippen molar-refractivity contribution in [3.05, 3.63) is 41.2 Å². The molecule has 3 rings (SSSR count). The van der Waals surface area contributed by atoms with E-state index in [0.29, 0.717) is 17.3 Å². The van der Waals surface area contributed by atoms with Crippen molar-refractivity contribution < 1.29 is 14.3 Å². The molecular formula is C19H23N3O3. The highest BCUT2D eigenvalue weighted by molar-refractivity contribution is 5.94. The van der Waals surface area contributed by atoms with Crippen LogP contribution in [0.3, 0.4) is 0 Å². The Kier molecular flexibility index (Phi) is 4.61. The van der Waals surface area contributed by atoms with E-state index in [0.717, 1.165) is 17.8 Å². The second-order valence-corrected chi connectivity index (χ2v) is 6.77. The van der Waals surface area contributed by atoms with Gasteiger partial charge in [0.2, 0.25) is 0 Å². The average molecular weight is 341 g/mol. The first-order chi connectivity index (χ1) is 11.9. The standard InChI is InChI=1S/C19H23N3O3/c1-11-5-7-15(8-6-11)22-14(4)18(13(3)21-22)20-17(23)10-25-19(24)16-9-12(16)2/h5-8,12,16H,9-10H2,1-4H3,(H,20,23)/t12-,16-/m0/s1. The maximum Gasteiger partial charge on any atom is 0.309 e. The first-order valence-corrected chi connectivity index (χ1v) is 8.46. The van der Waals surface area contributed by atoms with Gasteiger partial charge < -0.3 is 10.1 Å². The molecule has 1 aromatic carbocycles. The molecule has 1 amide bonds. The lowest BCUT2D eigenvalue weighted by molar-refractivity contribution is -0.148. The van der Waals surface area contributed by atoms with Crippen molar-refractivity contribution in [3.8, 4) is 5.69 Å². The van der Waals surface area contributed by atoms with E-state index in [9.17, 15) is 9.59 Å². The van der Waals surface area contributed by atoms with Gasteiger partial charge in [0.1, 0.15) is 0 Å². The highest BCUT2D eigenvalue weighted by Crippen LogP contribution is 2.38. The fraction of sp³-hybridized carbons (Fsp3) is 0.421. The van der Waals surface area contributed by atoms with E-state index < -0.39 is 0 Å². The highest BCUT2D eigenvalue weighted by Gasteiger charge is 2.40. The number of benzene rings is 1. The molecule has 1 fully saturated rings. The van der Waals surface area contributed by atoms with Crippen molar-refractivity contribution >= 4 is 17.6 Å². The lowest BCUT2D eigenvalue weighted by Crippen LogP contribution is -2.22. The highest BCUT2D eigenvalue weighted by atomic mass is 16.5. The van der Waals surface area contributed by atoms with E-state index in [1.807, 2.05) is 52.0 Å². The molecule has 0 spiro atoms. The summed E-state index contributed by atoms with van der Waals surface area (Å²) >= 11 is 0. The van der Waals surface area contributed by atoms with Gasteiger partial charge in [-0.05, 0) is 45.2 Å². The quantitative estimate of drug-likeness (QED) is 0.849. The largest absolute Gasteiger partial charge is 0.455 e. The average Bonchev–Trinajstić information content (AvgIpc) is 3.25. The molecule has 0 saturated heterocycles.